The topological polar surface area (TPSA) is 72.9 Å². The molecule has 3 rings (SSSR count). The summed E-state index contributed by atoms with van der Waals surface area (Å²) < 4.78 is 0. The van der Waals surface area contributed by atoms with Gasteiger partial charge in [-0.2, -0.15) is 0 Å². The minimum absolute atomic E-state index is 0.129. The fourth-order valence-electron chi connectivity index (χ4n) is 3.65. The van der Waals surface area contributed by atoms with Gasteiger partial charge in [-0.05, 0) is 49.7 Å². The molecule has 0 bridgehead atoms. The maximum absolute atomic E-state index is 11.9. The summed E-state index contributed by atoms with van der Waals surface area (Å²) in [6.07, 6.45) is 0.342. The quantitative estimate of drug-likeness (QED) is 0.825. The van der Waals surface area contributed by atoms with Crippen molar-refractivity contribution in [2.45, 2.75) is 33.2 Å². The van der Waals surface area contributed by atoms with Gasteiger partial charge in [-0.1, -0.05) is 19.1 Å². The lowest BCUT2D eigenvalue weighted by molar-refractivity contribution is -0.115. The highest BCUT2D eigenvalue weighted by atomic mass is 16.4. The number of carbonyl (C=O) groups is 2. The number of aryl methyl sites for hydroxylation is 1. The average Bonchev–Trinajstić information content (AvgIpc) is 2.67. The van der Waals surface area contributed by atoms with E-state index in [4.69, 9.17) is 0 Å². The van der Waals surface area contributed by atoms with E-state index in [2.05, 4.69) is 53.2 Å². The number of carbonyl (C=O) groups excluding carboxylic acids is 1. The van der Waals surface area contributed by atoms with Crippen LogP contribution in [0.15, 0.2) is 42.5 Å². The van der Waals surface area contributed by atoms with Crippen LogP contribution in [0.2, 0.25) is 0 Å². The summed E-state index contributed by atoms with van der Waals surface area (Å²) in [6.45, 7) is 8.49. The number of nitrogens with zero attached hydrogens (tertiary/aromatic N) is 2. The van der Waals surface area contributed by atoms with Crippen LogP contribution in [0.1, 0.15) is 36.2 Å². The van der Waals surface area contributed by atoms with Crippen LogP contribution in [0.3, 0.4) is 0 Å². The predicted octanol–water partition coefficient (Wildman–Crippen LogP) is 3.76. The molecular weight excluding hydrogens is 354 g/mol. The lowest BCUT2D eigenvalue weighted by Gasteiger charge is -2.43. The molecule has 6 nitrogen and oxygen atoms in total. The minimum Gasteiger partial charge on any atom is -0.478 e. The first kappa shape index (κ1) is 19.7. The zero-order valence-corrected chi connectivity index (χ0v) is 16.6. The van der Waals surface area contributed by atoms with Crippen LogP contribution in [-0.2, 0) is 4.79 Å². The van der Waals surface area contributed by atoms with E-state index in [-0.39, 0.29) is 17.5 Å². The van der Waals surface area contributed by atoms with Crippen LogP contribution in [0.25, 0.3) is 0 Å². The Bertz CT molecular complexity index is 881. The molecular formula is C22H27N3O3. The summed E-state index contributed by atoms with van der Waals surface area (Å²) in [5.74, 6) is -1.13. The van der Waals surface area contributed by atoms with Crippen molar-refractivity contribution >= 4 is 28.9 Å². The van der Waals surface area contributed by atoms with Crippen LogP contribution < -0.4 is 15.1 Å². The van der Waals surface area contributed by atoms with E-state index in [1.807, 2.05) is 0 Å². The van der Waals surface area contributed by atoms with E-state index < -0.39 is 5.97 Å². The molecule has 2 N–H and O–H groups in total. The van der Waals surface area contributed by atoms with Crippen molar-refractivity contribution in [2.75, 3.05) is 34.8 Å². The van der Waals surface area contributed by atoms with Gasteiger partial charge in [0.1, 0.15) is 0 Å². The summed E-state index contributed by atoms with van der Waals surface area (Å²) in [4.78, 5) is 27.9. The number of anilines is 3. The Morgan fingerprint density at radius 3 is 2.61 bits per heavy atom. The normalized spacial score (nSPS) is 16.8. The van der Waals surface area contributed by atoms with Crippen molar-refractivity contribution < 1.29 is 14.7 Å². The summed E-state index contributed by atoms with van der Waals surface area (Å²) in [5.41, 5.74) is 4.04. The van der Waals surface area contributed by atoms with E-state index in [1.165, 1.54) is 11.3 Å². The van der Waals surface area contributed by atoms with Gasteiger partial charge in [-0.3, -0.25) is 4.79 Å². The van der Waals surface area contributed by atoms with E-state index in [0.717, 1.165) is 25.3 Å². The summed E-state index contributed by atoms with van der Waals surface area (Å²) >= 11 is 0. The molecule has 1 atom stereocenters. The largest absolute Gasteiger partial charge is 0.478 e. The molecule has 1 saturated heterocycles. The number of aromatic carboxylic acids is 1. The molecule has 1 heterocycles. The standard InChI is InChI=1S/C22H27N3O3/c1-4-21(26)23-19-13-17(22(27)28)8-9-20(19)24-10-11-25(16(3)14-24)18-7-5-6-15(2)12-18/h5-9,12-13,16H,4,10-11,14H2,1-3H3,(H,23,26)(H,27,28)/t16-/m1/s1. The Hall–Kier alpha value is -3.02. The van der Waals surface area contributed by atoms with Gasteiger partial charge >= 0.3 is 5.97 Å². The molecule has 1 amide bonds. The summed E-state index contributed by atoms with van der Waals surface area (Å²) in [6, 6.07) is 13.7. The van der Waals surface area contributed by atoms with Gasteiger partial charge in [0.15, 0.2) is 0 Å². The highest BCUT2D eigenvalue weighted by Crippen LogP contribution is 2.31. The second kappa shape index (κ2) is 8.33. The second-order valence-electron chi connectivity index (χ2n) is 7.27. The molecule has 28 heavy (non-hydrogen) atoms. The Morgan fingerprint density at radius 1 is 1.18 bits per heavy atom. The van der Waals surface area contributed by atoms with Crippen molar-refractivity contribution in [3.05, 3.63) is 53.6 Å². The number of rotatable bonds is 5. The maximum atomic E-state index is 11.9. The molecule has 0 radical (unpaired) electrons. The van der Waals surface area contributed by atoms with Crippen LogP contribution in [0, 0.1) is 6.92 Å². The number of carboxylic acid groups (broad SMARTS) is 1. The monoisotopic (exact) mass is 381 g/mol. The van der Waals surface area contributed by atoms with Gasteiger partial charge in [-0.15, -0.1) is 0 Å². The molecule has 2 aromatic rings. The average molecular weight is 381 g/mol. The number of carboxylic acids is 1. The van der Waals surface area contributed by atoms with Gasteiger partial charge < -0.3 is 20.2 Å². The molecule has 1 aliphatic rings. The van der Waals surface area contributed by atoms with Crippen LogP contribution in [0.4, 0.5) is 17.1 Å². The fourth-order valence-corrected chi connectivity index (χ4v) is 3.65. The maximum Gasteiger partial charge on any atom is 0.335 e. The summed E-state index contributed by atoms with van der Waals surface area (Å²) in [5, 5.41) is 12.2. The number of benzene rings is 2. The third-order valence-corrected chi connectivity index (χ3v) is 5.14. The Kier molecular flexibility index (Phi) is 5.87. The highest BCUT2D eigenvalue weighted by molar-refractivity contribution is 5.97. The third-order valence-electron chi connectivity index (χ3n) is 5.14. The van der Waals surface area contributed by atoms with E-state index in [9.17, 15) is 14.7 Å². The summed E-state index contributed by atoms with van der Waals surface area (Å²) in [7, 11) is 0. The molecule has 148 valence electrons. The number of hydrogen-bond acceptors (Lipinski definition) is 4. The lowest BCUT2D eigenvalue weighted by atomic mass is 10.1. The Balaban J connectivity index is 1.84. The molecule has 0 spiro atoms. The Labute approximate surface area is 165 Å². The van der Waals surface area contributed by atoms with Crippen molar-refractivity contribution in [2.24, 2.45) is 0 Å². The van der Waals surface area contributed by atoms with Crippen molar-refractivity contribution in [1.29, 1.82) is 0 Å². The number of hydrogen-bond donors (Lipinski definition) is 2. The van der Waals surface area contributed by atoms with Gasteiger partial charge in [0.2, 0.25) is 5.91 Å². The highest BCUT2D eigenvalue weighted by Gasteiger charge is 2.26. The second-order valence-corrected chi connectivity index (χ2v) is 7.27. The number of amides is 1. The van der Waals surface area contributed by atoms with Gasteiger partial charge in [0, 0.05) is 37.8 Å². The lowest BCUT2D eigenvalue weighted by Crippen LogP contribution is -2.52. The molecule has 6 heteroatoms. The zero-order valence-electron chi connectivity index (χ0n) is 16.6. The first-order valence-electron chi connectivity index (χ1n) is 9.64. The van der Waals surface area contributed by atoms with E-state index in [1.54, 1.807) is 25.1 Å². The van der Waals surface area contributed by atoms with E-state index in [0.29, 0.717) is 12.1 Å². The van der Waals surface area contributed by atoms with Crippen molar-refractivity contribution in [3.8, 4) is 0 Å². The number of piperazine rings is 1. The van der Waals surface area contributed by atoms with Gasteiger partial charge in [0.25, 0.3) is 0 Å². The SMILES string of the molecule is CCC(=O)Nc1cc(C(=O)O)ccc1N1CCN(c2cccc(C)c2)[C@H](C)C1. The fraction of sp³-hybridized carbons (Fsp3) is 0.364. The molecule has 0 aliphatic carbocycles. The molecule has 2 aromatic carbocycles. The molecule has 0 unspecified atom stereocenters. The van der Waals surface area contributed by atoms with E-state index >= 15 is 0 Å². The van der Waals surface area contributed by atoms with Gasteiger partial charge in [-0.25, -0.2) is 4.79 Å². The predicted molar refractivity (Wildman–Crippen MR) is 113 cm³/mol. The molecule has 0 aromatic heterocycles. The molecule has 1 fully saturated rings. The zero-order chi connectivity index (χ0) is 20.3. The first-order chi connectivity index (χ1) is 13.4. The van der Waals surface area contributed by atoms with Gasteiger partial charge in [0.05, 0.1) is 16.9 Å². The molecule has 1 aliphatic heterocycles. The minimum atomic E-state index is -1.00. The number of nitrogens with one attached hydrogen (secondary N) is 1. The van der Waals surface area contributed by atoms with Crippen LogP contribution >= 0.6 is 0 Å². The van der Waals surface area contributed by atoms with Crippen molar-refractivity contribution in [1.82, 2.24) is 0 Å². The Morgan fingerprint density at radius 2 is 1.96 bits per heavy atom. The smallest absolute Gasteiger partial charge is 0.335 e. The van der Waals surface area contributed by atoms with Crippen molar-refractivity contribution in [3.63, 3.8) is 0 Å². The first-order valence-corrected chi connectivity index (χ1v) is 9.64. The third kappa shape index (κ3) is 4.27. The van der Waals surface area contributed by atoms with Crippen LogP contribution in [-0.4, -0.2) is 42.7 Å². The van der Waals surface area contributed by atoms with Crippen LogP contribution in [0.5, 0.6) is 0 Å². The molecule has 0 saturated carbocycles.